The third-order valence-corrected chi connectivity index (χ3v) is 4.88. The summed E-state index contributed by atoms with van der Waals surface area (Å²) in [6.45, 7) is 2.17. The Bertz CT molecular complexity index is 816. The number of nitriles is 1. The van der Waals surface area contributed by atoms with Crippen molar-refractivity contribution in [3.63, 3.8) is 0 Å². The van der Waals surface area contributed by atoms with Gasteiger partial charge in [0.2, 0.25) is 0 Å². The largest absolute Gasteiger partial charge is 0.348 e. The van der Waals surface area contributed by atoms with Crippen LogP contribution in [0.15, 0.2) is 48.0 Å². The van der Waals surface area contributed by atoms with E-state index in [1.54, 1.807) is 6.08 Å². The summed E-state index contributed by atoms with van der Waals surface area (Å²) in [7, 11) is 0. The zero-order chi connectivity index (χ0) is 16.9. The molecule has 1 amide bonds. The number of carbonyl (C=O) groups is 1. The summed E-state index contributed by atoms with van der Waals surface area (Å²) in [5, 5.41) is 14.7. The number of carbonyl (C=O) groups excluding carboxylic acids is 1. The number of fused-ring (bicyclic) bond motifs is 1. The van der Waals surface area contributed by atoms with Crippen molar-refractivity contribution in [2.24, 2.45) is 5.92 Å². The predicted octanol–water partition coefficient (Wildman–Crippen LogP) is 4.44. The highest BCUT2D eigenvalue weighted by Gasteiger charge is 2.23. The average Bonchev–Trinajstić information content (AvgIpc) is 2.61. The monoisotopic (exact) mass is 318 g/mol. The van der Waals surface area contributed by atoms with Crippen LogP contribution in [0.1, 0.15) is 38.2 Å². The van der Waals surface area contributed by atoms with Crippen molar-refractivity contribution in [2.75, 3.05) is 0 Å². The summed E-state index contributed by atoms with van der Waals surface area (Å²) in [5.41, 5.74) is 1.04. The van der Waals surface area contributed by atoms with Crippen molar-refractivity contribution in [3.05, 3.63) is 53.6 Å². The molecule has 3 heteroatoms. The molecule has 1 saturated carbocycles. The van der Waals surface area contributed by atoms with E-state index in [2.05, 4.69) is 18.3 Å². The summed E-state index contributed by atoms with van der Waals surface area (Å²) in [6.07, 6.45) is 6.19. The minimum atomic E-state index is -0.260. The maximum Gasteiger partial charge on any atom is 0.262 e. The van der Waals surface area contributed by atoms with E-state index in [-0.39, 0.29) is 17.5 Å². The van der Waals surface area contributed by atoms with Gasteiger partial charge in [0.25, 0.3) is 5.91 Å². The van der Waals surface area contributed by atoms with Crippen LogP contribution in [0.5, 0.6) is 0 Å². The van der Waals surface area contributed by atoms with Gasteiger partial charge < -0.3 is 5.32 Å². The van der Waals surface area contributed by atoms with Gasteiger partial charge in [-0.3, -0.25) is 4.79 Å². The summed E-state index contributed by atoms with van der Waals surface area (Å²) >= 11 is 0. The molecule has 0 radical (unpaired) electrons. The molecule has 3 nitrogen and oxygen atoms in total. The van der Waals surface area contributed by atoms with Crippen LogP contribution in [0.3, 0.4) is 0 Å². The number of nitrogens with one attached hydrogen (secondary N) is 1. The van der Waals surface area contributed by atoms with E-state index in [4.69, 9.17) is 0 Å². The second-order valence-electron chi connectivity index (χ2n) is 6.62. The topological polar surface area (TPSA) is 52.9 Å². The lowest BCUT2D eigenvalue weighted by Gasteiger charge is -2.29. The van der Waals surface area contributed by atoms with Gasteiger partial charge in [0.15, 0.2) is 0 Å². The number of hydrogen-bond acceptors (Lipinski definition) is 2. The molecule has 24 heavy (non-hydrogen) atoms. The molecule has 1 fully saturated rings. The highest BCUT2D eigenvalue weighted by atomic mass is 16.1. The van der Waals surface area contributed by atoms with Crippen molar-refractivity contribution in [2.45, 2.75) is 38.6 Å². The molecular weight excluding hydrogens is 296 g/mol. The minimum Gasteiger partial charge on any atom is -0.348 e. The van der Waals surface area contributed by atoms with Crippen LogP contribution in [-0.2, 0) is 4.79 Å². The number of nitrogens with zero attached hydrogens (tertiary/aromatic N) is 1. The molecule has 0 bridgehead atoms. The molecule has 2 aromatic carbocycles. The zero-order valence-corrected chi connectivity index (χ0v) is 14.0. The second kappa shape index (κ2) is 7.31. The smallest absolute Gasteiger partial charge is 0.262 e. The van der Waals surface area contributed by atoms with Gasteiger partial charge in [0, 0.05) is 6.04 Å². The summed E-state index contributed by atoms with van der Waals surface area (Å²) < 4.78 is 0. The molecule has 1 aliphatic carbocycles. The highest BCUT2D eigenvalue weighted by Crippen LogP contribution is 2.24. The van der Waals surface area contributed by atoms with E-state index >= 15 is 0 Å². The quantitative estimate of drug-likeness (QED) is 0.672. The Morgan fingerprint density at radius 3 is 2.67 bits per heavy atom. The normalized spacial score (nSPS) is 21.2. The fraction of sp³-hybridized carbons (Fsp3) is 0.333. The SMILES string of the molecule is CC1CCCCC1NC(=O)/C(C#N)=C/c1ccc2ccccc2c1. The van der Waals surface area contributed by atoms with Gasteiger partial charge in [0.1, 0.15) is 11.6 Å². The Hall–Kier alpha value is -2.60. The van der Waals surface area contributed by atoms with Gasteiger partial charge in [0.05, 0.1) is 0 Å². The standard InChI is InChI=1S/C21H22N2O/c1-15-6-2-5-9-20(15)23-21(24)19(14-22)13-16-10-11-17-7-3-4-8-18(17)12-16/h3-4,7-8,10-13,15,20H,2,5-6,9H2,1H3,(H,23,24)/b19-13+. The molecule has 1 aliphatic rings. The Morgan fingerprint density at radius 2 is 1.92 bits per heavy atom. The van der Waals surface area contributed by atoms with E-state index in [0.29, 0.717) is 5.92 Å². The summed E-state index contributed by atoms with van der Waals surface area (Å²) in [5.74, 6) is 0.215. The Morgan fingerprint density at radius 1 is 1.17 bits per heavy atom. The average molecular weight is 318 g/mol. The number of hydrogen-bond donors (Lipinski definition) is 1. The predicted molar refractivity (Wildman–Crippen MR) is 97.1 cm³/mol. The van der Waals surface area contributed by atoms with E-state index in [1.807, 2.05) is 42.5 Å². The first-order chi connectivity index (χ1) is 11.7. The third kappa shape index (κ3) is 3.65. The number of rotatable bonds is 3. The molecular formula is C21H22N2O. The molecule has 3 rings (SSSR count). The van der Waals surface area contributed by atoms with Gasteiger partial charge in [-0.25, -0.2) is 0 Å². The summed E-state index contributed by atoms with van der Waals surface area (Å²) in [6, 6.07) is 16.2. The van der Waals surface area contributed by atoms with Crippen LogP contribution in [-0.4, -0.2) is 11.9 Å². The Balaban J connectivity index is 1.79. The van der Waals surface area contributed by atoms with E-state index in [9.17, 15) is 10.1 Å². The minimum absolute atomic E-state index is 0.169. The molecule has 122 valence electrons. The number of amides is 1. The fourth-order valence-electron chi connectivity index (χ4n) is 3.39. The molecule has 1 N–H and O–H groups in total. The Kier molecular flexibility index (Phi) is 4.96. The van der Waals surface area contributed by atoms with Gasteiger partial charge in [-0.2, -0.15) is 5.26 Å². The molecule has 0 heterocycles. The third-order valence-electron chi connectivity index (χ3n) is 4.88. The molecule has 0 aliphatic heterocycles. The van der Waals surface area contributed by atoms with Crippen molar-refractivity contribution >= 4 is 22.8 Å². The Labute approximate surface area is 143 Å². The van der Waals surface area contributed by atoms with Crippen LogP contribution in [0.25, 0.3) is 16.8 Å². The first kappa shape index (κ1) is 16.3. The maximum absolute atomic E-state index is 12.5. The summed E-state index contributed by atoms with van der Waals surface area (Å²) in [4.78, 5) is 12.5. The molecule has 2 atom stereocenters. The second-order valence-corrected chi connectivity index (χ2v) is 6.62. The molecule has 0 spiro atoms. The first-order valence-corrected chi connectivity index (χ1v) is 8.59. The highest BCUT2D eigenvalue weighted by molar-refractivity contribution is 6.02. The van der Waals surface area contributed by atoms with Gasteiger partial charge in [-0.15, -0.1) is 0 Å². The van der Waals surface area contributed by atoms with Crippen LogP contribution in [0.4, 0.5) is 0 Å². The molecule has 0 aromatic heterocycles. The lowest BCUT2D eigenvalue weighted by atomic mass is 9.86. The molecule has 2 unspecified atom stereocenters. The van der Waals surface area contributed by atoms with Crippen molar-refractivity contribution < 1.29 is 4.79 Å². The van der Waals surface area contributed by atoms with Gasteiger partial charge in [-0.05, 0) is 47.2 Å². The van der Waals surface area contributed by atoms with Gasteiger partial charge in [-0.1, -0.05) is 56.2 Å². The van der Waals surface area contributed by atoms with E-state index in [1.165, 1.54) is 6.42 Å². The van der Waals surface area contributed by atoms with Crippen molar-refractivity contribution in [1.82, 2.24) is 5.32 Å². The van der Waals surface area contributed by atoms with Gasteiger partial charge >= 0.3 is 0 Å². The zero-order valence-electron chi connectivity index (χ0n) is 14.0. The number of benzene rings is 2. The van der Waals surface area contributed by atoms with Crippen LogP contribution in [0.2, 0.25) is 0 Å². The maximum atomic E-state index is 12.5. The lowest BCUT2D eigenvalue weighted by molar-refractivity contribution is -0.118. The molecule has 2 aromatic rings. The van der Waals surface area contributed by atoms with Crippen LogP contribution < -0.4 is 5.32 Å². The van der Waals surface area contributed by atoms with Crippen LogP contribution in [0, 0.1) is 17.2 Å². The van der Waals surface area contributed by atoms with E-state index < -0.39 is 0 Å². The molecule has 0 saturated heterocycles. The van der Waals surface area contributed by atoms with E-state index in [0.717, 1.165) is 35.6 Å². The first-order valence-electron chi connectivity index (χ1n) is 8.59. The van der Waals surface area contributed by atoms with Crippen molar-refractivity contribution in [3.8, 4) is 6.07 Å². The van der Waals surface area contributed by atoms with Crippen LogP contribution >= 0.6 is 0 Å². The van der Waals surface area contributed by atoms with Crippen molar-refractivity contribution in [1.29, 1.82) is 5.26 Å². The fourth-order valence-corrected chi connectivity index (χ4v) is 3.39. The lowest BCUT2D eigenvalue weighted by Crippen LogP contribution is -2.41.